The van der Waals surface area contributed by atoms with Crippen LogP contribution in [-0.4, -0.2) is 47.6 Å². The van der Waals surface area contributed by atoms with Gasteiger partial charge in [-0.1, -0.05) is 0 Å². The molecule has 5 rings (SSSR count). The van der Waals surface area contributed by atoms with Crippen molar-refractivity contribution in [1.82, 2.24) is 19.7 Å². The molecule has 0 aliphatic carbocycles. The summed E-state index contributed by atoms with van der Waals surface area (Å²) in [5, 5.41) is 4.49. The Balaban J connectivity index is 1.60. The van der Waals surface area contributed by atoms with Gasteiger partial charge in [-0.3, -0.25) is 0 Å². The maximum absolute atomic E-state index is 15.3. The van der Waals surface area contributed by atoms with Crippen LogP contribution in [0.2, 0.25) is 0 Å². The van der Waals surface area contributed by atoms with Crippen molar-refractivity contribution in [2.75, 3.05) is 43.0 Å². The number of nitrogens with zero attached hydrogens (tertiary/aromatic N) is 5. The zero-order valence-electron chi connectivity index (χ0n) is 16.9. The number of halogens is 2. The second-order valence-electron chi connectivity index (χ2n) is 7.62. The third kappa shape index (κ3) is 3.13. The summed E-state index contributed by atoms with van der Waals surface area (Å²) >= 11 is 0. The summed E-state index contributed by atoms with van der Waals surface area (Å²) in [4.78, 5) is 12.5. The predicted molar refractivity (Wildman–Crippen MR) is 115 cm³/mol. The number of anilines is 3. The van der Waals surface area contributed by atoms with Crippen molar-refractivity contribution in [2.45, 2.75) is 6.92 Å². The summed E-state index contributed by atoms with van der Waals surface area (Å²) in [7, 11) is 1.76. The fourth-order valence-corrected chi connectivity index (χ4v) is 4.06. The molecule has 0 spiro atoms. The molecule has 0 bridgehead atoms. The van der Waals surface area contributed by atoms with E-state index in [0.29, 0.717) is 16.9 Å². The molecule has 4 heterocycles. The maximum atomic E-state index is 15.3. The Bertz CT molecular complexity index is 1250. The van der Waals surface area contributed by atoms with Gasteiger partial charge in [0.15, 0.2) is 11.5 Å². The highest BCUT2D eigenvalue weighted by molar-refractivity contribution is 5.96. The lowest BCUT2D eigenvalue weighted by atomic mass is 10.1. The van der Waals surface area contributed by atoms with Crippen molar-refractivity contribution in [1.29, 1.82) is 0 Å². The monoisotopic (exact) mass is 408 g/mol. The second kappa shape index (κ2) is 7.21. The van der Waals surface area contributed by atoms with Gasteiger partial charge in [0.2, 0.25) is 0 Å². The maximum Gasteiger partial charge on any atom is 0.173 e. The molecule has 154 valence electrons. The van der Waals surface area contributed by atoms with Crippen LogP contribution in [0.15, 0.2) is 42.9 Å². The number of aromatic nitrogens is 3. The Hall–Kier alpha value is -3.26. The zero-order valence-corrected chi connectivity index (χ0v) is 16.9. The highest BCUT2D eigenvalue weighted by atomic mass is 19.1. The van der Waals surface area contributed by atoms with E-state index in [4.69, 9.17) is 0 Å². The standard InChI is InChI=1S/C22H22F2N6/c1-14-12-30-13-17(11-19(24)21(30)27-14)28(2)22-20-15(3-4-26-22)9-16(10-18(20)23)29-7-5-25-6-8-29/h3-4,9-13,25H,5-8H2,1-2H3. The number of hydrogen-bond donors (Lipinski definition) is 1. The van der Waals surface area contributed by atoms with Gasteiger partial charge in [0.05, 0.1) is 16.8 Å². The molecule has 30 heavy (non-hydrogen) atoms. The quantitative estimate of drug-likeness (QED) is 0.561. The predicted octanol–water partition coefficient (Wildman–Crippen LogP) is 3.65. The van der Waals surface area contributed by atoms with E-state index in [1.165, 1.54) is 6.07 Å². The number of imidazole rings is 1. The number of aryl methyl sites for hydroxylation is 1. The summed E-state index contributed by atoms with van der Waals surface area (Å²) in [6.45, 7) is 5.25. The lowest BCUT2D eigenvalue weighted by molar-refractivity contribution is 0.586. The Labute approximate surface area is 172 Å². The molecule has 0 radical (unpaired) electrons. The lowest BCUT2D eigenvalue weighted by Gasteiger charge is -2.30. The molecular formula is C22H22F2N6. The molecule has 1 saturated heterocycles. The van der Waals surface area contributed by atoms with Crippen molar-refractivity contribution in [3.05, 3.63) is 60.2 Å². The second-order valence-corrected chi connectivity index (χ2v) is 7.62. The van der Waals surface area contributed by atoms with Crippen molar-refractivity contribution in [2.24, 2.45) is 0 Å². The normalized spacial score (nSPS) is 14.6. The van der Waals surface area contributed by atoms with Crippen LogP contribution in [0.1, 0.15) is 5.69 Å². The molecule has 1 aliphatic heterocycles. The molecule has 1 fully saturated rings. The minimum Gasteiger partial charge on any atom is -0.369 e. The van der Waals surface area contributed by atoms with Gasteiger partial charge in [-0.25, -0.2) is 18.7 Å². The minimum absolute atomic E-state index is 0.266. The summed E-state index contributed by atoms with van der Waals surface area (Å²) in [6.07, 6.45) is 5.18. The lowest BCUT2D eigenvalue weighted by Crippen LogP contribution is -2.43. The summed E-state index contributed by atoms with van der Waals surface area (Å²) < 4.78 is 31.5. The van der Waals surface area contributed by atoms with Crippen molar-refractivity contribution >= 4 is 33.6 Å². The molecule has 4 aromatic rings. The largest absolute Gasteiger partial charge is 0.369 e. The molecule has 1 N–H and O–H groups in total. The van der Waals surface area contributed by atoms with E-state index in [9.17, 15) is 4.39 Å². The molecule has 0 atom stereocenters. The Morgan fingerprint density at radius 3 is 2.67 bits per heavy atom. The molecule has 1 aliphatic rings. The topological polar surface area (TPSA) is 48.7 Å². The van der Waals surface area contributed by atoms with Crippen molar-refractivity contribution in [3.8, 4) is 0 Å². The number of fused-ring (bicyclic) bond motifs is 2. The molecule has 3 aromatic heterocycles. The number of rotatable bonds is 3. The van der Waals surface area contributed by atoms with Gasteiger partial charge in [0.25, 0.3) is 0 Å². The first-order valence-corrected chi connectivity index (χ1v) is 9.94. The van der Waals surface area contributed by atoms with E-state index in [-0.39, 0.29) is 11.5 Å². The average Bonchev–Trinajstić information content (AvgIpc) is 3.14. The van der Waals surface area contributed by atoms with E-state index in [0.717, 1.165) is 42.9 Å². The first kappa shape index (κ1) is 18.7. The van der Waals surface area contributed by atoms with Crippen LogP contribution in [0.3, 0.4) is 0 Å². The molecule has 0 unspecified atom stereocenters. The Morgan fingerprint density at radius 1 is 1.07 bits per heavy atom. The molecule has 1 aromatic carbocycles. The molecule has 0 amide bonds. The van der Waals surface area contributed by atoms with E-state index < -0.39 is 5.82 Å². The highest BCUT2D eigenvalue weighted by Crippen LogP contribution is 2.34. The minimum atomic E-state index is -0.436. The molecule has 0 saturated carbocycles. The number of piperazine rings is 1. The van der Waals surface area contributed by atoms with Gasteiger partial charge in [-0.05, 0) is 30.5 Å². The molecule has 6 nitrogen and oxygen atoms in total. The first-order valence-electron chi connectivity index (χ1n) is 9.94. The summed E-state index contributed by atoms with van der Waals surface area (Å²) in [6, 6.07) is 6.77. The van der Waals surface area contributed by atoms with Crippen LogP contribution in [-0.2, 0) is 0 Å². The SMILES string of the molecule is Cc1cn2cc(N(C)c3nccc4cc(N5CCNCC5)cc(F)c34)cc(F)c2n1. The Kier molecular flexibility index (Phi) is 4.51. The van der Waals surface area contributed by atoms with Crippen LogP contribution < -0.4 is 15.1 Å². The number of hydrogen-bond acceptors (Lipinski definition) is 5. The first-order chi connectivity index (χ1) is 14.5. The van der Waals surface area contributed by atoms with Gasteiger partial charge < -0.3 is 19.5 Å². The van der Waals surface area contributed by atoms with Gasteiger partial charge in [-0.2, -0.15) is 0 Å². The van der Waals surface area contributed by atoms with Crippen molar-refractivity contribution in [3.63, 3.8) is 0 Å². The average molecular weight is 408 g/mol. The highest BCUT2D eigenvalue weighted by Gasteiger charge is 2.19. The summed E-state index contributed by atoms with van der Waals surface area (Å²) in [5.74, 6) is -0.336. The summed E-state index contributed by atoms with van der Waals surface area (Å²) in [5.41, 5.74) is 2.41. The number of benzene rings is 1. The third-order valence-electron chi connectivity index (χ3n) is 5.58. The van der Waals surface area contributed by atoms with E-state index in [2.05, 4.69) is 20.2 Å². The molecule has 8 heteroatoms. The van der Waals surface area contributed by atoms with Gasteiger partial charge >= 0.3 is 0 Å². The fourth-order valence-electron chi connectivity index (χ4n) is 4.06. The Morgan fingerprint density at radius 2 is 1.87 bits per heavy atom. The number of pyridine rings is 2. The van der Waals surface area contributed by atoms with Crippen LogP contribution in [0, 0.1) is 18.6 Å². The fraction of sp³-hybridized carbons (Fsp3) is 0.273. The third-order valence-corrected chi connectivity index (χ3v) is 5.58. The molecular weight excluding hydrogens is 386 g/mol. The van der Waals surface area contributed by atoms with Crippen LogP contribution in [0.5, 0.6) is 0 Å². The van der Waals surface area contributed by atoms with Gasteiger partial charge in [-0.15, -0.1) is 0 Å². The van der Waals surface area contributed by atoms with Crippen LogP contribution in [0.25, 0.3) is 16.4 Å². The van der Waals surface area contributed by atoms with E-state index in [1.807, 2.05) is 19.1 Å². The zero-order chi connectivity index (χ0) is 20.8. The van der Waals surface area contributed by atoms with Gasteiger partial charge in [0, 0.05) is 63.6 Å². The van der Waals surface area contributed by atoms with E-state index >= 15 is 4.39 Å². The van der Waals surface area contributed by atoms with Crippen LogP contribution >= 0.6 is 0 Å². The van der Waals surface area contributed by atoms with Crippen molar-refractivity contribution < 1.29 is 8.78 Å². The number of nitrogens with one attached hydrogen (secondary N) is 1. The van der Waals surface area contributed by atoms with Gasteiger partial charge in [0.1, 0.15) is 11.6 Å². The van der Waals surface area contributed by atoms with Crippen LogP contribution in [0.4, 0.5) is 26.0 Å². The smallest absolute Gasteiger partial charge is 0.173 e. The van der Waals surface area contributed by atoms with E-state index in [1.54, 1.807) is 41.0 Å².